The van der Waals surface area contributed by atoms with Crippen molar-refractivity contribution in [2.24, 2.45) is 5.10 Å². The Morgan fingerprint density at radius 1 is 0.935 bits per heavy atom. The summed E-state index contributed by atoms with van der Waals surface area (Å²) in [5.41, 5.74) is 5.35. The zero-order valence-corrected chi connectivity index (χ0v) is 18.0. The SMILES string of the molecule is Clc1ccc(C2=Nn3c(nnc3-c3ccc4c(c3)O[C@H](c3ccccc3)C4)SC2)cc1. The summed E-state index contributed by atoms with van der Waals surface area (Å²) in [5, 5.41) is 15.1. The van der Waals surface area contributed by atoms with Crippen LogP contribution in [0.2, 0.25) is 5.02 Å². The highest BCUT2D eigenvalue weighted by molar-refractivity contribution is 7.99. The first-order valence-corrected chi connectivity index (χ1v) is 11.4. The molecule has 5 nitrogen and oxygen atoms in total. The van der Waals surface area contributed by atoms with Crippen molar-refractivity contribution >= 4 is 29.1 Å². The lowest BCUT2D eigenvalue weighted by Gasteiger charge is -2.14. The summed E-state index contributed by atoms with van der Waals surface area (Å²) < 4.78 is 8.09. The molecule has 0 N–H and O–H groups in total. The van der Waals surface area contributed by atoms with Gasteiger partial charge in [0, 0.05) is 22.8 Å². The Labute approximate surface area is 188 Å². The summed E-state index contributed by atoms with van der Waals surface area (Å²) in [7, 11) is 0. The van der Waals surface area contributed by atoms with E-state index in [0.717, 1.165) is 39.9 Å². The molecule has 0 unspecified atom stereocenters. The van der Waals surface area contributed by atoms with Gasteiger partial charge in [0.2, 0.25) is 5.16 Å². The Bertz CT molecular complexity index is 1300. The number of benzene rings is 3. The molecule has 2 aliphatic rings. The Morgan fingerprint density at radius 2 is 1.74 bits per heavy atom. The van der Waals surface area contributed by atoms with Crippen LogP contribution in [0.5, 0.6) is 5.75 Å². The first kappa shape index (κ1) is 18.7. The van der Waals surface area contributed by atoms with E-state index in [1.165, 1.54) is 11.1 Å². The molecule has 0 saturated heterocycles. The highest BCUT2D eigenvalue weighted by Crippen LogP contribution is 2.39. The van der Waals surface area contributed by atoms with E-state index in [9.17, 15) is 0 Å². The number of aromatic nitrogens is 3. The Kier molecular flexibility index (Phi) is 4.55. The summed E-state index contributed by atoms with van der Waals surface area (Å²) in [4.78, 5) is 0. The summed E-state index contributed by atoms with van der Waals surface area (Å²) >= 11 is 7.66. The zero-order valence-electron chi connectivity index (χ0n) is 16.4. The standard InChI is InChI=1S/C24H17ClN4OS/c25-19-10-8-15(9-11-19)20-14-31-24-27-26-23(29(24)28-20)18-7-6-17-12-21(30-22(17)13-18)16-4-2-1-3-5-16/h1-11,13,21H,12,14H2/t21-/m0/s1. The summed E-state index contributed by atoms with van der Waals surface area (Å²) in [6.07, 6.45) is 0.913. The predicted octanol–water partition coefficient (Wildman–Crippen LogP) is 5.63. The van der Waals surface area contributed by atoms with Crippen molar-refractivity contribution in [2.45, 2.75) is 17.7 Å². The van der Waals surface area contributed by atoms with Gasteiger partial charge in [-0.3, -0.25) is 0 Å². The minimum Gasteiger partial charge on any atom is -0.485 e. The van der Waals surface area contributed by atoms with Gasteiger partial charge in [0.1, 0.15) is 11.9 Å². The first-order valence-electron chi connectivity index (χ1n) is 10.0. The van der Waals surface area contributed by atoms with Crippen molar-refractivity contribution in [3.63, 3.8) is 0 Å². The van der Waals surface area contributed by atoms with Gasteiger partial charge < -0.3 is 4.74 Å². The summed E-state index contributed by atoms with van der Waals surface area (Å²) in [6, 6.07) is 24.3. The minimum atomic E-state index is 0.0452. The van der Waals surface area contributed by atoms with E-state index >= 15 is 0 Å². The molecule has 0 radical (unpaired) electrons. The van der Waals surface area contributed by atoms with E-state index in [1.54, 1.807) is 11.8 Å². The summed E-state index contributed by atoms with van der Waals surface area (Å²) in [6.45, 7) is 0. The first-order chi connectivity index (χ1) is 15.2. The molecule has 0 fully saturated rings. The highest BCUT2D eigenvalue weighted by atomic mass is 35.5. The maximum Gasteiger partial charge on any atom is 0.212 e. The molecule has 0 amide bonds. The van der Waals surface area contributed by atoms with Gasteiger partial charge in [0.25, 0.3) is 0 Å². The average molecular weight is 445 g/mol. The third kappa shape index (κ3) is 3.42. The van der Waals surface area contributed by atoms with Crippen LogP contribution < -0.4 is 4.74 Å². The highest BCUT2D eigenvalue weighted by Gasteiger charge is 2.26. The molecule has 31 heavy (non-hydrogen) atoms. The van der Waals surface area contributed by atoms with Crippen LogP contribution in [-0.4, -0.2) is 26.3 Å². The topological polar surface area (TPSA) is 52.3 Å². The number of ether oxygens (including phenoxy) is 1. The maximum atomic E-state index is 6.27. The lowest BCUT2D eigenvalue weighted by molar-refractivity contribution is 0.239. The fourth-order valence-corrected chi connectivity index (χ4v) is 4.88. The molecule has 0 spiro atoms. The van der Waals surface area contributed by atoms with E-state index in [-0.39, 0.29) is 6.10 Å². The zero-order chi connectivity index (χ0) is 20.8. The minimum absolute atomic E-state index is 0.0452. The normalized spacial score (nSPS) is 16.9. The van der Waals surface area contributed by atoms with E-state index in [1.807, 2.05) is 53.2 Å². The Balaban J connectivity index is 1.33. The largest absolute Gasteiger partial charge is 0.485 e. The molecule has 3 heterocycles. The van der Waals surface area contributed by atoms with Crippen molar-refractivity contribution in [3.8, 4) is 17.1 Å². The van der Waals surface area contributed by atoms with Crippen molar-refractivity contribution in [3.05, 3.63) is 94.5 Å². The van der Waals surface area contributed by atoms with Gasteiger partial charge in [0.15, 0.2) is 5.82 Å². The van der Waals surface area contributed by atoms with Gasteiger partial charge in [-0.1, -0.05) is 78.0 Å². The van der Waals surface area contributed by atoms with E-state index < -0.39 is 0 Å². The molecule has 7 heteroatoms. The Morgan fingerprint density at radius 3 is 2.58 bits per heavy atom. The smallest absolute Gasteiger partial charge is 0.212 e. The molecule has 6 rings (SSSR count). The quantitative estimate of drug-likeness (QED) is 0.410. The molecular formula is C24H17ClN4OS. The molecule has 1 aromatic heterocycles. The summed E-state index contributed by atoms with van der Waals surface area (Å²) in [5.74, 6) is 2.35. The van der Waals surface area contributed by atoms with Crippen molar-refractivity contribution < 1.29 is 4.74 Å². The molecule has 152 valence electrons. The fourth-order valence-electron chi connectivity index (χ4n) is 3.91. The monoisotopic (exact) mass is 444 g/mol. The van der Waals surface area contributed by atoms with Gasteiger partial charge in [-0.05, 0) is 34.9 Å². The predicted molar refractivity (Wildman–Crippen MR) is 123 cm³/mol. The molecule has 0 bridgehead atoms. The number of hydrogen-bond acceptors (Lipinski definition) is 5. The molecule has 0 aliphatic carbocycles. The van der Waals surface area contributed by atoms with Crippen molar-refractivity contribution in [2.75, 3.05) is 5.75 Å². The molecule has 1 atom stereocenters. The lowest BCUT2D eigenvalue weighted by atomic mass is 10.0. The van der Waals surface area contributed by atoms with E-state index in [0.29, 0.717) is 10.8 Å². The second-order valence-corrected chi connectivity index (χ2v) is 8.88. The van der Waals surface area contributed by atoms with Crippen LogP contribution in [0, 0.1) is 0 Å². The van der Waals surface area contributed by atoms with Crippen LogP contribution in [-0.2, 0) is 6.42 Å². The third-order valence-corrected chi connectivity index (χ3v) is 6.70. The number of nitrogens with zero attached hydrogens (tertiary/aromatic N) is 4. The van der Waals surface area contributed by atoms with Gasteiger partial charge >= 0.3 is 0 Å². The Hall–Kier alpha value is -3.09. The van der Waals surface area contributed by atoms with Gasteiger partial charge in [0.05, 0.1) is 5.71 Å². The van der Waals surface area contributed by atoms with Crippen LogP contribution in [0.4, 0.5) is 0 Å². The number of fused-ring (bicyclic) bond motifs is 2. The number of thioether (sulfide) groups is 1. The molecule has 4 aromatic rings. The van der Waals surface area contributed by atoms with Crippen LogP contribution >= 0.6 is 23.4 Å². The molecule has 3 aromatic carbocycles. The lowest BCUT2D eigenvalue weighted by Crippen LogP contribution is -2.13. The maximum absolute atomic E-state index is 6.27. The third-order valence-electron chi connectivity index (χ3n) is 5.52. The van der Waals surface area contributed by atoms with Crippen LogP contribution in [0.3, 0.4) is 0 Å². The second-order valence-electron chi connectivity index (χ2n) is 7.50. The van der Waals surface area contributed by atoms with Crippen molar-refractivity contribution in [1.82, 2.24) is 14.9 Å². The van der Waals surface area contributed by atoms with Crippen LogP contribution in [0.1, 0.15) is 22.8 Å². The number of rotatable bonds is 3. The second kappa shape index (κ2) is 7.55. The number of hydrogen-bond donors (Lipinski definition) is 0. The van der Waals surface area contributed by atoms with Crippen LogP contribution in [0.25, 0.3) is 11.4 Å². The van der Waals surface area contributed by atoms with Crippen LogP contribution in [0.15, 0.2) is 83.1 Å². The fraction of sp³-hybridized carbons (Fsp3) is 0.125. The molecular weight excluding hydrogens is 428 g/mol. The van der Waals surface area contributed by atoms with E-state index in [2.05, 4.69) is 34.5 Å². The van der Waals surface area contributed by atoms with Gasteiger partial charge in [-0.2, -0.15) is 9.78 Å². The van der Waals surface area contributed by atoms with Gasteiger partial charge in [-0.25, -0.2) is 0 Å². The number of halogens is 1. The van der Waals surface area contributed by atoms with E-state index in [4.69, 9.17) is 21.4 Å². The van der Waals surface area contributed by atoms with Gasteiger partial charge in [-0.15, -0.1) is 10.2 Å². The van der Waals surface area contributed by atoms with Crippen molar-refractivity contribution in [1.29, 1.82) is 0 Å². The molecule has 2 aliphatic heterocycles. The average Bonchev–Trinajstić information content (AvgIpc) is 3.43. The molecule has 0 saturated carbocycles.